The van der Waals surface area contributed by atoms with Crippen LogP contribution in [0, 0.1) is 6.92 Å². The summed E-state index contributed by atoms with van der Waals surface area (Å²) in [4.78, 5) is 24.6. The monoisotopic (exact) mass is 355 g/mol. The smallest absolute Gasteiger partial charge is 0.308 e. The number of carbonyl (C=O) groups is 2. The normalized spacial score (nSPS) is 11.5. The third kappa shape index (κ3) is 5.62. The summed E-state index contributed by atoms with van der Waals surface area (Å²) < 4.78 is 10.5. The number of aryl methyl sites for hydroxylation is 1. The highest BCUT2D eigenvalue weighted by Gasteiger charge is 2.20. The molecule has 26 heavy (non-hydrogen) atoms. The Morgan fingerprint density at radius 1 is 1.04 bits per heavy atom. The Bertz CT molecular complexity index is 740. The fourth-order valence-electron chi connectivity index (χ4n) is 2.63. The van der Waals surface area contributed by atoms with Crippen LogP contribution in [0.3, 0.4) is 0 Å². The van der Waals surface area contributed by atoms with Gasteiger partial charge in [-0.1, -0.05) is 29.8 Å². The molecule has 0 bridgehead atoms. The predicted molar refractivity (Wildman–Crippen MR) is 100 cm³/mol. The first-order chi connectivity index (χ1) is 12.5. The number of benzene rings is 2. The van der Waals surface area contributed by atoms with Crippen LogP contribution in [0.15, 0.2) is 48.5 Å². The van der Waals surface area contributed by atoms with Crippen molar-refractivity contribution in [1.29, 1.82) is 0 Å². The maximum Gasteiger partial charge on any atom is 0.308 e. The molecule has 1 N–H and O–H groups in total. The summed E-state index contributed by atoms with van der Waals surface area (Å²) in [6.45, 7) is 6.49. The standard InChI is InChI=1S/C21H25NO4/c1-4-25-18-11-9-16(10-12-18)19(14-20(23)26-5-2)22-21(24)17-8-6-7-15(3)13-17/h6-13,19H,4-5,14H2,1-3H3,(H,22,24)/t19-/m0/s1. The second-order valence-corrected chi connectivity index (χ2v) is 5.91. The molecule has 0 aromatic heterocycles. The number of ether oxygens (including phenoxy) is 2. The number of carbonyl (C=O) groups excluding carboxylic acids is 2. The molecule has 0 radical (unpaired) electrons. The Morgan fingerprint density at radius 3 is 2.38 bits per heavy atom. The van der Waals surface area contributed by atoms with Crippen molar-refractivity contribution in [1.82, 2.24) is 5.32 Å². The molecule has 0 fully saturated rings. The fraction of sp³-hybridized carbons (Fsp3) is 0.333. The Balaban J connectivity index is 2.19. The summed E-state index contributed by atoms with van der Waals surface area (Å²) in [5.74, 6) is 0.170. The second-order valence-electron chi connectivity index (χ2n) is 5.91. The molecule has 1 amide bonds. The Kier molecular flexibility index (Phi) is 7.21. The van der Waals surface area contributed by atoms with Gasteiger partial charge in [0.1, 0.15) is 5.75 Å². The Morgan fingerprint density at radius 2 is 1.77 bits per heavy atom. The lowest BCUT2D eigenvalue weighted by atomic mass is 10.0. The minimum absolute atomic E-state index is 0.0688. The van der Waals surface area contributed by atoms with Gasteiger partial charge in [0.05, 0.1) is 25.7 Å². The Hall–Kier alpha value is -2.82. The first-order valence-corrected chi connectivity index (χ1v) is 8.79. The molecular weight excluding hydrogens is 330 g/mol. The number of hydrogen-bond acceptors (Lipinski definition) is 4. The van der Waals surface area contributed by atoms with E-state index < -0.39 is 6.04 Å². The SMILES string of the molecule is CCOC(=O)C[C@H](NC(=O)c1cccc(C)c1)c1ccc(OCC)cc1. The molecule has 0 aliphatic carbocycles. The molecule has 0 aliphatic heterocycles. The van der Waals surface area contributed by atoms with Crippen molar-refractivity contribution in [2.75, 3.05) is 13.2 Å². The zero-order chi connectivity index (χ0) is 18.9. The molecule has 0 heterocycles. The van der Waals surface area contributed by atoms with E-state index in [4.69, 9.17) is 9.47 Å². The lowest BCUT2D eigenvalue weighted by Crippen LogP contribution is -2.30. The van der Waals surface area contributed by atoms with E-state index in [1.807, 2.05) is 56.3 Å². The van der Waals surface area contributed by atoms with E-state index in [0.717, 1.165) is 16.9 Å². The lowest BCUT2D eigenvalue weighted by Gasteiger charge is -2.19. The van der Waals surface area contributed by atoms with Crippen LogP contribution in [0.5, 0.6) is 5.75 Å². The van der Waals surface area contributed by atoms with Crippen molar-refractivity contribution in [3.63, 3.8) is 0 Å². The highest BCUT2D eigenvalue weighted by molar-refractivity contribution is 5.94. The van der Waals surface area contributed by atoms with Crippen LogP contribution < -0.4 is 10.1 Å². The molecular formula is C21H25NO4. The van der Waals surface area contributed by atoms with E-state index in [1.165, 1.54) is 0 Å². The maximum atomic E-state index is 12.6. The topological polar surface area (TPSA) is 64.6 Å². The molecule has 2 aromatic rings. The van der Waals surface area contributed by atoms with Gasteiger partial charge in [0.2, 0.25) is 0 Å². The maximum absolute atomic E-state index is 12.6. The van der Waals surface area contributed by atoms with E-state index in [0.29, 0.717) is 18.8 Å². The van der Waals surface area contributed by atoms with Crippen molar-refractivity contribution < 1.29 is 19.1 Å². The highest BCUT2D eigenvalue weighted by Crippen LogP contribution is 2.22. The van der Waals surface area contributed by atoms with Gasteiger partial charge in [-0.25, -0.2) is 0 Å². The van der Waals surface area contributed by atoms with Gasteiger partial charge in [0.15, 0.2) is 0 Å². The number of amides is 1. The van der Waals surface area contributed by atoms with Gasteiger partial charge in [-0.05, 0) is 50.6 Å². The average molecular weight is 355 g/mol. The second kappa shape index (κ2) is 9.61. The van der Waals surface area contributed by atoms with E-state index in [2.05, 4.69) is 5.32 Å². The van der Waals surface area contributed by atoms with Crippen LogP contribution >= 0.6 is 0 Å². The third-order valence-corrected chi connectivity index (χ3v) is 3.86. The van der Waals surface area contributed by atoms with Crippen LogP contribution in [0.2, 0.25) is 0 Å². The van der Waals surface area contributed by atoms with Crippen LogP contribution in [0.25, 0.3) is 0 Å². The van der Waals surface area contributed by atoms with Crippen molar-refractivity contribution in [3.05, 3.63) is 65.2 Å². The van der Waals surface area contributed by atoms with Gasteiger partial charge in [0, 0.05) is 5.56 Å². The first kappa shape index (κ1) is 19.5. The summed E-state index contributed by atoms with van der Waals surface area (Å²) in [5, 5.41) is 2.94. The quantitative estimate of drug-likeness (QED) is 0.731. The molecule has 0 spiro atoms. The zero-order valence-electron chi connectivity index (χ0n) is 15.5. The molecule has 2 aromatic carbocycles. The summed E-state index contributed by atoms with van der Waals surface area (Å²) in [7, 11) is 0. The molecule has 138 valence electrons. The molecule has 2 rings (SSSR count). The van der Waals surface area contributed by atoms with Crippen LogP contribution in [0.1, 0.15) is 47.8 Å². The lowest BCUT2D eigenvalue weighted by molar-refractivity contribution is -0.143. The van der Waals surface area contributed by atoms with E-state index in [1.54, 1.807) is 13.0 Å². The van der Waals surface area contributed by atoms with Gasteiger partial charge >= 0.3 is 5.97 Å². The summed E-state index contributed by atoms with van der Waals surface area (Å²) in [6.07, 6.45) is 0.0688. The van der Waals surface area contributed by atoms with E-state index in [9.17, 15) is 9.59 Å². The molecule has 5 heteroatoms. The van der Waals surface area contributed by atoms with E-state index in [-0.39, 0.29) is 18.3 Å². The van der Waals surface area contributed by atoms with Gasteiger partial charge in [-0.3, -0.25) is 9.59 Å². The largest absolute Gasteiger partial charge is 0.494 e. The van der Waals surface area contributed by atoms with Crippen LogP contribution in [0.4, 0.5) is 0 Å². The molecule has 0 saturated heterocycles. The summed E-state index contributed by atoms with van der Waals surface area (Å²) >= 11 is 0. The fourth-order valence-corrected chi connectivity index (χ4v) is 2.63. The predicted octanol–water partition coefficient (Wildman–Crippen LogP) is 3.82. The van der Waals surface area contributed by atoms with Gasteiger partial charge in [-0.15, -0.1) is 0 Å². The molecule has 5 nitrogen and oxygen atoms in total. The van der Waals surface area contributed by atoms with Crippen LogP contribution in [-0.4, -0.2) is 25.1 Å². The van der Waals surface area contributed by atoms with E-state index >= 15 is 0 Å². The van der Waals surface area contributed by atoms with Crippen molar-refractivity contribution in [3.8, 4) is 5.75 Å². The van der Waals surface area contributed by atoms with Crippen LogP contribution in [-0.2, 0) is 9.53 Å². The number of rotatable bonds is 8. The number of hydrogen-bond donors (Lipinski definition) is 1. The number of esters is 1. The molecule has 0 saturated carbocycles. The number of nitrogens with one attached hydrogen (secondary N) is 1. The minimum Gasteiger partial charge on any atom is -0.494 e. The first-order valence-electron chi connectivity index (χ1n) is 8.79. The highest BCUT2D eigenvalue weighted by atomic mass is 16.5. The van der Waals surface area contributed by atoms with Crippen molar-refractivity contribution in [2.24, 2.45) is 0 Å². The Labute approximate surface area is 154 Å². The van der Waals surface area contributed by atoms with Crippen molar-refractivity contribution in [2.45, 2.75) is 33.2 Å². The van der Waals surface area contributed by atoms with Gasteiger partial charge < -0.3 is 14.8 Å². The molecule has 0 aliphatic rings. The summed E-state index contributed by atoms with van der Waals surface area (Å²) in [5.41, 5.74) is 2.38. The van der Waals surface area contributed by atoms with Gasteiger partial charge in [-0.2, -0.15) is 0 Å². The average Bonchev–Trinajstić information content (AvgIpc) is 2.62. The molecule has 0 unspecified atom stereocenters. The van der Waals surface area contributed by atoms with Gasteiger partial charge in [0.25, 0.3) is 5.91 Å². The third-order valence-electron chi connectivity index (χ3n) is 3.86. The summed E-state index contributed by atoms with van der Waals surface area (Å²) in [6, 6.07) is 14.2. The van der Waals surface area contributed by atoms with Crippen molar-refractivity contribution >= 4 is 11.9 Å². The zero-order valence-corrected chi connectivity index (χ0v) is 15.5. The molecule has 1 atom stereocenters. The minimum atomic E-state index is -0.474.